The fourth-order valence-corrected chi connectivity index (χ4v) is 3.32. The average Bonchev–Trinajstić information content (AvgIpc) is 2.57. The van der Waals surface area contributed by atoms with Crippen molar-refractivity contribution in [3.05, 3.63) is 21.9 Å². The number of aryl methyl sites for hydroxylation is 1. The van der Waals surface area contributed by atoms with Gasteiger partial charge in [0, 0.05) is 21.4 Å². The number of hydrogen-bond acceptors (Lipinski definition) is 3. The molecule has 1 nitrogen and oxygen atoms in total. The largest absolute Gasteiger partial charge is 0.309 e. The van der Waals surface area contributed by atoms with Crippen molar-refractivity contribution in [2.75, 3.05) is 12.3 Å². The first-order valence-corrected chi connectivity index (χ1v) is 7.72. The Kier molecular flexibility index (Phi) is 5.35. The molecular formula is C13H23NS2. The lowest BCUT2D eigenvalue weighted by molar-refractivity contribution is 0.602. The molecular weight excluding hydrogens is 234 g/mol. The van der Waals surface area contributed by atoms with Gasteiger partial charge < -0.3 is 5.32 Å². The van der Waals surface area contributed by atoms with Gasteiger partial charge in [-0.05, 0) is 30.5 Å². The third kappa shape index (κ3) is 4.48. The maximum Gasteiger partial charge on any atom is 0.0422 e. The van der Waals surface area contributed by atoms with E-state index in [2.05, 4.69) is 51.4 Å². The van der Waals surface area contributed by atoms with Crippen molar-refractivity contribution < 1.29 is 0 Å². The molecule has 0 spiro atoms. The molecule has 1 N–H and O–H groups in total. The van der Waals surface area contributed by atoms with E-state index in [1.165, 1.54) is 10.4 Å². The summed E-state index contributed by atoms with van der Waals surface area (Å²) in [7, 11) is 0. The highest BCUT2D eigenvalue weighted by Crippen LogP contribution is 2.30. The highest BCUT2D eigenvalue weighted by molar-refractivity contribution is 8.00. The molecule has 3 heteroatoms. The van der Waals surface area contributed by atoms with Gasteiger partial charge in [-0.3, -0.25) is 0 Å². The first kappa shape index (κ1) is 14.1. The van der Waals surface area contributed by atoms with Gasteiger partial charge in [0.15, 0.2) is 0 Å². The lowest BCUT2D eigenvalue weighted by atomic mass is 10.1. The topological polar surface area (TPSA) is 12.0 Å². The Bertz CT molecular complexity index is 312. The van der Waals surface area contributed by atoms with E-state index in [-0.39, 0.29) is 0 Å². The third-order valence-corrected chi connectivity index (χ3v) is 4.64. The summed E-state index contributed by atoms with van der Waals surface area (Å²) < 4.78 is 0.345. The summed E-state index contributed by atoms with van der Waals surface area (Å²) in [6, 6.07) is 2.76. The quantitative estimate of drug-likeness (QED) is 0.847. The molecule has 1 heterocycles. The normalized spacial score (nSPS) is 14.1. The van der Waals surface area contributed by atoms with Gasteiger partial charge in [0.25, 0.3) is 0 Å². The third-order valence-electron chi connectivity index (χ3n) is 2.41. The fourth-order valence-electron chi connectivity index (χ4n) is 1.59. The van der Waals surface area contributed by atoms with Gasteiger partial charge in [0.2, 0.25) is 0 Å². The summed E-state index contributed by atoms with van der Waals surface area (Å²) in [5, 5.41) is 5.78. The Balaban J connectivity index is 2.65. The van der Waals surface area contributed by atoms with Gasteiger partial charge in [0.1, 0.15) is 0 Å². The molecule has 0 bridgehead atoms. The Morgan fingerprint density at radius 3 is 2.56 bits per heavy atom. The maximum atomic E-state index is 3.58. The lowest BCUT2D eigenvalue weighted by Gasteiger charge is -2.23. The van der Waals surface area contributed by atoms with Crippen LogP contribution >= 0.6 is 23.1 Å². The number of nitrogens with one attached hydrogen (secondary N) is 1. The van der Waals surface area contributed by atoms with E-state index in [0.29, 0.717) is 10.8 Å². The summed E-state index contributed by atoms with van der Waals surface area (Å²) in [6.45, 7) is 12.3. The number of hydrogen-bond donors (Lipinski definition) is 1. The summed E-state index contributed by atoms with van der Waals surface area (Å²) in [4.78, 5) is 1.44. The second-order valence-electron chi connectivity index (χ2n) is 4.97. The molecule has 0 fully saturated rings. The van der Waals surface area contributed by atoms with E-state index < -0.39 is 0 Å². The van der Waals surface area contributed by atoms with E-state index in [1.54, 1.807) is 0 Å². The summed E-state index contributed by atoms with van der Waals surface area (Å²) in [5.41, 5.74) is 1.48. The van der Waals surface area contributed by atoms with Crippen molar-refractivity contribution in [1.29, 1.82) is 0 Å². The second-order valence-corrected chi connectivity index (χ2v) is 7.93. The molecule has 0 saturated carbocycles. The maximum absolute atomic E-state index is 3.58. The van der Waals surface area contributed by atoms with Crippen molar-refractivity contribution in [2.24, 2.45) is 0 Å². The Labute approximate surface area is 108 Å². The molecule has 0 aromatic carbocycles. The summed E-state index contributed by atoms with van der Waals surface area (Å²) >= 11 is 3.87. The van der Waals surface area contributed by atoms with E-state index in [0.717, 1.165) is 12.3 Å². The average molecular weight is 257 g/mol. The van der Waals surface area contributed by atoms with E-state index in [1.807, 2.05) is 23.1 Å². The van der Waals surface area contributed by atoms with Gasteiger partial charge in [-0.25, -0.2) is 0 Å². The summed E-state index contributed by atoms with van der Waals surface area (Å²) in [6.07, 6.45) is 0. The molecule has 1 rings (SSSR count). The van der Waals surface area contributed by atoms with E-state index >= 15 is 0 Å². The van der Waals surface area contributed by atoms with Gasteiger partial charge in [-0.1, -0.05) is 27.7 Å². The number of thioether (sulfide) groups is 1. The van der Waals surface area contributed by atoms with Crippen molar-refractivity contribution in [3.63, 3.8) is 0 Å². The van der Waals surface area contributed by atoms with Crippen molar-refractivity contribution >= 4 is 23.1 Å². The van der Waals surface area contributed by atoms with E-state index in [4.69, 9.17) is 0 Å². The standard InChI is InChI=1S/C13H23NS2/c1-6-14-12(9-16-13(3,4)5)11-7-8-15-10(11)2/h7-8,12,14H,6,9H2,1-5H3. The highest BCUT2D eigenvalue weighted by Gasteiger charge is 2.18. The second kappa shape index (κ2) is 6.08. The van der Waals surface area contributed by atoms with Crippen LogP contribution in [0.4, 0.5) is 0 Å². The predicted molar refractivity (Wildman–Crippen MR) is 77.7 cm³/mol. The molecule has 0 aliphatic heterocycles. The molecule has 1 unspecified atom stereocenters. The SMILES string of the molecule is CCNC(CSC(C)(C)C)c1ccsc1C. The van der Waals surface area contributed by atoms with Gasteiger partial charge >= 0.3 is 0 Å². The smallest absolute Gasteiger partial charge is 0.0422 e. The Morgan fingerprint density at radius 2 is 2.12 bits per heavy atom. The van der Waals surface area contributed by atoms with Crippen LogP contribution in [0.3, 0.4) is 0 Å². The molecule has 0 aliphatic rings. The van der Waals surface area contributed by atoms with Crippen LogP contribution in [0.2, 0.25) is 0 Å². The Hall–Kier alpha value is 0.01000. The van der Waals surface area contributed by atoms with Crippen LogP contribution in [0.1, 0.15) is 44.2 Å². The predicted octanol–water partition coefficient (Wildman–Crippen LogP) is 4.24. The number of thiophene rings is 1. The minimum Gasteiger partial charge on any atom is -0.309 e. The van der Waals surface area contributed by atoms with Crippen LogP contribution in [-0.2, 0) is 0 Å². The first-order chi connectivity index (χ1) is 7.44. The van der Waals surface area contributed by atoms with Crippen LogP contribution in [0.15, 0.2) is 11.4 Å². The zero-order chi connectivity index (χ0) is 12.2. The van der Waals surface area contributed by atoms with Crippen molar-refractivity contribution in [1.82, 2.24) is 5.32 Å². The molecule has 1 aromatic rings. The molecule has 1 atom stereocenters. The van der Waals surface area contributed by atoms with Crippen LogP contribution in [0.25, 0.3) is 0 Å². The van der Waals surface area contributed by atoms with Crippen LogP contribution in [0, 0.1) is 6.92 Å². The molecule has 0 radical (unpaired) electrons. The molecule has 0 saturated heterocycles. The van der Waals surface area contributed by atoms with Crippen LogP contribution < -0.4 is 5.32 Å². The van der Waals surface area contributed by atoms with Crippen LogP contribution in [-0.4, -0.2) is 17.0 Å². The molecule has 92 valence electrons. The van der Waals surface area contributed by atoms with E-state index in [9.17, 15) is 0 Å². The minimum atomic E-state index is 0.345. The summed E-state index contributed by atoms with van der Waals surface area (Å²) in [5.74, 6) is 1.15. The highest BCUT2D eigenvalue weighted by atomic mass is 32.2. The zero-order valence-electron chi connectivity index (χ0n) is 11.0. The van der Waals surface area contributed by atoms with Gasteiger partial charge in [-0.2, -0.15) is 11.8 Å². The fraction of sp³-hybridized carbons (Fsp3) is 0.692. The number of rotatable bonds is 5. The van der Waals surface area contributed by atoms with Crippen molar-refractivity contribution in [2.45, 2.75) is 45.4 Å². The van der Waals surface area contributed by atoms with Crippen molar-refractivity contribution in [3.8, 4) is 0 Å². The minimum absolute atomic E-state index is 0.345. The van der Waals surface area contributed by atoms with Crippen LogP contribution in [0.5, 0.6) is 0 Å². The molecule has 0 amide bonds. The molecule has 1 aromatic heterocycles. The Morgan fingerprint density at radius 1 is 1.44 bits per heavy atom. The van der Waals surface area contributed by atoms with Gasteiger partial charge in [-0.15, -0.1) is 11.3 Å². The van der Waals surface area contributed by atoms with Gasteiger partial charge in [0.05, 0.1) is 0 Å². The molecule has 0 aliphatic carbocycles. The zero-order valence-corrected chi connectivity index (χ0v) is 12.6. The first-order valence-electron chi connectivity index (χ1n) is 5.85. The monoisotopic (exact) mass is 257 g/mol. The lowest BCUT2D eigenvalue weighted by Crippen LogP contribution is -2.25. The molecule has 16 heavy (non-hydrogen) atoms.